The Balaban J connectivity index is 1.69. The van der Waals surface area contributed by atoms with Gasteiger partial charge in [0.05, 0.1) is 12.2 Å². The lowest BCUT2D eigenvalue weighted by atomic mass is 10.0. The first-order valence-corrected chi connectivity index (χ1v) is 11.8. The summed E-state index contributed by atoms with van der Waals surface area (Å²) in [6.07, 6.45) is 3.29. The predicted octanol–water partition coefficient (Wildman–Crippen LogP) is 5.74. The first kappa shape index (κ1) is 25.8. The molecule has 1 saturated carbocycles. The molecular formula is C25H22Cl2F2N2O5. The molecule has 0 bridgehead atoms. The third kappa shape index (κ3) is 6.67. The molecule has 36 heavy (non-hydrogen) atoms. The number of esters is 1. The number of ether oxygens (including phenoxy) is 3. The molecule has 1 aromatic heterocycles. The van der Waals surface area contributed by atoms with E-state index in [1.807, 2.05) is 0 Å². The molecule has 190 valence electrons. The summed E-state index contributed by atoms with van der Waals surface area (Å²) >= 11 is 12.5. The van der Waals surface area contributed by atoms with Crippen molar-refractivity contribution >= 4 is 34.9 Å². The van der Waals surface area contributed by atoms with Crippen LogP contribution in [0.5, 0.6) is 11.5 Å². The van der Waals surface area contributed by atoms with Crippen molar-refractivity contribution in [2.75, 3.05) is 12.3 Å². The maximum atomic E-state index is 13.0. The second-order valence-corrected chi connectivity index (χ2v) is 9.17. The zero-order valence-electron chi connectivity index (χ0n) is 18.8. The lowest BCUT2D eigenvalue weighted by Gasteiger charge is -2.21. The number of alkyl halides is 2. The minimum Gasteiger partial charge on any atom is -0.619 e. The van der Waals surface area contributed by atoms with Crippen LogP contribution in [-0.4, -0.2) is 19.2 Å². The summed E-state index contributed by atoms with van der Waals surface area (Å²) in [7, 11) is 0. The first-order valence-electron chi connectivity index (χ1n) is 11.0. The molecule has 11 heteroatoms. The Morgan fingerprint density at radius 3 is 2.36 bits per heavy atom. The predicted molar refractivity (Wildman–Crippen MR) is 129 cm³/mol. The Bertz CT molecular complexity index is 1220. The molecule has 0 aliphatic heterocycles. The van der Waals surface area contributed by atoms with E-state index in [0.717, 1.165) is 25.2 Å². The van der Waals surface area contributed by atoms with E-state index in [9.17, 15) is 18.8 Å². The van der Waals surface area contributed by atoms with E-state index in [4.69, 9.17) is 38.4 Å². The molecular weight excluding hydrogens is 517 g/mol. The van der Waals surface area contributed by atoms with E-state index in [0.29, 0.717) is 34.1 Å². The van der Waals surface area contributed by atoms with Crippen LogP contribution in [0.15, 0.2) is 54.9 Å². The maximum Gasteiger partial charge on any atom is 0.387 e. The van der Waals surface area contributed by atoms with Crippen LogP contribution in [0.25, 0.3) is 0 Å². The lowest BCUT2D eigenvalue weighted by Crippen LogP contribution is -2.25. The number of pyridine rings is 1. The fourth-order valence-corrected chi connectivity index (χ4v) is 4.08. The van der Waals surface area contributed by atoms with Crippen molar-refractivity contribution in [1.82, 2.24) is 0 Å². The zero-order valence-corrected chi connectivity index (χ0v) is 20.3. The van der Waals surface area contributed by atoms with E-state index in [1.165, 1.54) is 30.3 Å². The number of nitrogens with zero attached hydrogens (tertiary/aromatic N) is 1. The van der Waals surface area contributed by atoms with Gasteiger partial charge in [-0.2, -0.15) is 13.5 Å². The molecule has 1 heterocycles. The average Bonchev–Trinajstić information content (AvgIpc) is 3.64. The summed E-state index contributed by atoms with van der Waals surface area (Å²) in [6.45, 7) is -2.70. The standard InChI is InChI=1S/C25H22Cl2F2N2O5/c26-19-11-31(33)12-20(27)18(19)10-22(35-24(32)15-3-6-17(30)7-4-15)16-5-8-21(36-25(28)29)23(9-16)34-13-14-1-2-14/h3-9,11-12,14,22,25H,1-2,10,13,30H2. The van der Waals surface area contributed by atoms with Gasteiger partial charge in [-0.1, -0.05) is 29.3 Å². The number of nitrogens with two attached hydrogens (primary N) is 1. The van der Waals surface area contributed by atoms with Gasteiger partial charge in [-0.25, -0.2) is 4.79 Å². The number of halogens is 4. The molecule has 7 nitrogen and oxygen atoms in total. The smallest absolute Gasteiger partial charge is 0.387 e. The molecule has 0 spiro atoms. The Morgan fingerprint density at radius 1 is 1.08 bits per heavy atom. The van der Waals surface area contributed by atoms with Gasteiger partial charge in [0.15, 0.2) is 23.9 Å². The molecule has 0 saturated heterocycles. The highest BCUT2D eigenvalue weighted by Crippen LogP contribution is 2.38. The van der Waals surface area contributed by atoms with Crippen LogP contribution < -0.4 is 19.9 Å². The molecule has 1 aliphatic rings. The molecule has 2 aromatic carbocycles. The van der Waals surface area contributed by atoms with Gasteiger partial charge in [0.2, 0.25) is 0 Å². The van der Waals surface area contributed by atoms with Crippen LogP contribution in [-0.2, 0) is 11.2 Å². The number of nitrogen functional groups attached to an aromatic ring is 1. The molecule has 0 radical (unpaired) electrons. The highest BCUT2D eigenvalue weighted by Gasteiger charge is 2.26. The molecule has 2 N–H and O–H groups in total. The van der Waals surface area contributed by atoms with E-state index < -0.39 is 18.7 Å². The van der Waals surface area contributed by atoms with Crippen LogP contribution in [0.2, 0.25) is 10.0 Å². The Labute approximate surface area is 215 Å². The lowest BCUT2D eigenvalue weighted by molar-refractivity contribution is -0.605. The fourth-order valence-electron chi connectivity index (χ4n) is 3.48. The minimum absolute atomic E-state index is 0.00364. The van der Waals surface area contributed by atoms with Gasteiger partial charge in [0, 0.05) is 17.7 Å². The summed E-state index contributed by atoms with van der Waals surface area (Å²) in [6, 6.07) is 10.4. The van der Waals surface area contributed by atoms with Crippen molar-refractivity contribution in [1.29, 1.82) is 0 Å². The minimum atomic E-state index is -3.04. The third-order valence-corrected chi connectivity index (χ3v) is 6.22. The number of carbonyl (C=O) groups excluding carboxylic acids is 1. The summed E-state index contributed by atoms with van der Waals surface area (Å²) in [5, 5.41) is 11.8. The number of rotatable bonds is 10. The molecule has 1 atom stereocenters. The van der Waals surface area contributed by atoms with Crippen LogP contribution in [0.1, 0.15) is 40.4 Å². The van der Waals surface area contributed by atoms with Gasteiger partial charge in [0.25, 0.3) is 0 Å². The summed E-state index contributed by atoms with van der Waals surface area (Å²) in [5.74, 6) is -0.347. The van der Waals surface area contributed by atoms with E-state index in [2.05, 4.69) is 4.74 Å². The van der Waals surface area contributed by atoms with E-state index in [-0.39, 0.29) is 33.5 Å². The highest BCUT2D eigenvalue weighted by molar-refractivity contribution is 6.35. The zero-order chi connectivity index (χ0) is 25.8. The molecule has 1 aliphatic carbocycles. The van der Waals surface area contributed by atoms with Crippen molar-refractivity contribution in [3.63, 3.8) is 0 Å². The van der Waals surface area contributed by atoms with Gasteiger partial charge < -0.3 is 25.2 Å². The first-order chi connectivity index (χ1) is 17.2. The average molecular weight is 539 g/mol. The number of aromatic nitrogens is 1. The second-order valence-electron chi connectivity index (χ2n) is 8.35. The Hall–Kier alpha value is -3.30. The largest absolute Gasteiger partial charge is 0.619 e. The van der Waals surface area contributed by atoms with E-state index in [1.54, 1.807) is 12.1 Å². The highest BCUT2D eigenvalue weighted by atomic mass is 35.5. The van der Waals surface area contributed by atoms with Crippen molar-refractivity contribution in [3.05, 3.63) is 86.8 Å². The SMILES string of the molecule is Nc1ccc(C(=O)OC(Cc2c(Cl)c[n+]([O-])cc2Cl)c2ccc(OC(F)F)c(OCC3CC3)c2)cc1. The quantitative estimate of drug-likeness (QED) is 0.153. The fraction of sp³-hybridized carbons (Fsp3) is 0.280. The van der Waals surface area contributed by atoms with Crippen LogP contribution in [0, 0.1) is 11.1 Å². The molecule has 1 unspecified atom stereocenters. The van der Waals surface area contributed by atoms with Crippen molar-refractivity contribution in [3.8, 4) is 11.5 Å². The molecule has 4 rings (SSSR count). The normalized spacial score (nSPS) is 13.9. The number of carbonyl (C=O) groups is 1. The third-order valence-electron chi connectivity index (χ3n) is 5.57. The van der Waals surface area contributed by atoms with Gasteiger partial charge in [-0.15, -0.1) is 0 Å². The summed E-state index contributed by atoms with van der Waals surface area (Å²) < 4.78 is 42.5. The van der Waals surface area contributed by atoms with E-state index >= 15 is 0 Å². The summed E-state index contributed by atoms with van der Waals surface area (Å²) in [5.41, 5.74) is 7.22. The van der Waals surface area contributed by atoms with Crippen molar-refractivity contribution in [2.24, 2.45) is 5.92 Å². The van der Waals surface area contributed by atoms with Crippen LogP contribution in [0.3, 0.4) is 0 Å². The number of hydrogen-bond donors (Lipinski definition) is 1. The Morgan fingerprint density at radius 2 is 1.75 bits per heavy atom. The van der Waals surface area contributed by atoms with Gasteiger partial charge in [-0.3, -0.25) is 0 Å². The second kappa shape index (κ2) is 11.2. The van der Waals surface area contributed by atoms with Crippen LogP contribution >= 0.6 is 23.2 Å². The molecule has 3 aromatic rings. The van der Waals surface area contributed by atoms with Crippen LogP contribution in [0.4, 0.5) is 14.5 Å². The molecule has 1 fully saturated rings. The Kier molecular flexibility index (Phi) is 8.01. The number of anilines is 1. The van der Waals surface area contributed by atoms with Gasteiger partial charge >= 0.3 is 12.6 Å². The topological polar surface area (TPSA) is 97.7 Å². The number of benzene rings is 2. The summed E-state index contributed by atoms with van der Waals surface area (Å²) in [4.78, 5) is 12.9. The molecule has 0 amide bonds. The van der Waals surface area contributed by atoms with Gasteiger partial charge in [-0.05, 0) is 60.7 Å². The van der Waals surface area contributed by atoms with Gasteiger partial charge in [0.1, 0.15) is 16.1 Å². The maximum absolute atomic E-state index is 13.0. The van der Waals surface area contributed by atoms with Crippen molar-refractivity contribution in [2.45, 2.75) is 32.0 Å². The van der Waals surface area contributed by atoms with Crippen molar-refractivity contribution < 1.29 is 32.5 Å². The number of hydrogen-bond acceptors (Lipinski definition) is 6. The monoisotopic (exact) mass is 538 g/mol.